The minimum atomic E-state index is -0.342. The van der Waals surface area contributed by atoms with Crippen LogP contribution in [0.15, 0.2) is 58.8 Å². The Labute approximate surface area is 136 Å². The first-order valence-corrected chi connectivity index (χ1v) is 7.89. The SMILES string of the molecule is O=C(CSc1[nH]c2ccccc2[nH+]1)NN=Cc1cccc(F)c1. The lowest BCUT2D eigenvalue weighted by Crippen LogP contribution is -2.20. The van der Waals surface area contributed by atoms with E-state index in [4.69, 9.17) is 0 Å². The molecule has 0 unspecified atom stereocenters. The molecule has 5 nitrogen and oxygen atoms in total. The quantitative estimate of drug-likeness (QED) is 0.428. The molecule has 0 aliphatic heterocycles. The van der Waals surface area contributed by atoms with Crippen LogP contribution >= 0.6 is 11.8 Å². The number of amides is 1. The predicted molar refractivity (Wildman–Crippen MR) is 87.7 cm³/mol. The molecule has 0 aliphatic rings. The Morgan fingerprint density at radius 3 is 3.00 bits per heavy atom. The molecule has 1 heterocycles. The van der Waals surface area contributed by atoms with E-state index in [1.54, 1.807) is 12.1 Å². The number of benzene rings is 2. The Morgan fingerprint density at radius 1 is 1.30 bits per heavy atom. The number of fused-ring (bicyclic) bond motifs is 1. The second kappa shape index (κ2) is 7.06. The maximum Gasteiger partial charge on any atom is 0.315 e. The first-order chi connectivity index (χ1) is 11.2. The molecule has 23 heavy (non-hydrogen) atoms. The highest BCUT2D eigenvalue weighted by Gasteiger charge is 2.11. The number of nitrogens with one attached hydrogen (secondary N) is 3. The van der Waals surface area contributed by atoms with E-state index in [0.29, 0.717) is 5.56 Å². The molecule has 0 atom stereocenters. The minimum absolute atomic E-state index is 0.212. The smallest absolute Gasteiger partial charge is 0.272 e. The number of aromatic amines is 2. The number of nitrogens with zero attached hydrogens (tertiary/aromatic N) is 1. The van der Waals surface area contributed by atoms with Crippen LogP contribution in [0.25, 0.3) is 11.0 Å². The number of carbonyl (C=O) groups is 1. The van der Waals surface area contributed by atoms with Crippen LogP contribution in [0.2, 0.25) is 0 Å². The van der Waals surface area contributed by atoms with Crippen molar-refractivity contribution in [1.29, 1.82) is 0 Å². The van der Waals surface area contributed by atoms with Gasteiger partial charge in [0.15, 0.2) is 11.0 Å². The normalized spacial score (nSPS) is 11.2. The molecule has 0 saturated carbocycles. The van der Waals surface area contributed by atoms with Crippen LogP contribution in [-0.4, -0.2) is 22.9 Å². The second-order valence-corrected chi connectivity index (χ2v) is 5.75. The number of halogens is 1. The number of para-hydroxylation sites is 2. The number of hydrazone groups is 1. The molecule has 7 heteroatoms. The van der Waals surface area contributed by atoms with E-state index >= 15 is 0 Å². The van der Waals surface area contributed by atoms with Crippen LogP contribution in [0.5, 0.6) is 0 Å². The van der Waals surface area contributed by atoms with Crippen LogP contribution in [0, 0.1) is 5.82 Å². The average Bonchev–Trinajstić information content (AvgIpc) is 2.96. The molecule has 0 bridgehead atoms. The number of H-pyrrole nitrogens is 2. The number of rotatable bonds is 5. The van der Waals surface area contributed by atoms with Gasteiger partial charge in [0.25, 0.3) is 5.91 Å². The fourth-order valence-electron chi connectivity index (χ4n) is 1.98. The summed E-state index contributed by atoms with van der Waals surface area (Å²) in [4.78, 5) is 18.1. The molecule has 0 spiro atoms. The van der Waals surface area contributed by atoms with E-state index in [1.165, 1.54) is 30.1 Å². The molecule has 1 aromatic heterocycles. The van der Waals surface area contributed by atoms with Gasteiger partial charge in [0.05, 0.1) is 12.0 Å². The van der Waals surface area contributed by atoms with Crippen molar-refractivity contribution in [2.24, 2.45) is 5.10 Å². The Hall–Kier alpha value is -2.67. The van der Waals surface area contributed by atoms with Gasteiger partial charge in [0.1, 0.15) is 5.82 Å². The van der Waals surface area contributed by atoms with Crippen molar-refractivity contribution in [3.63, 3.8) is 0 Å². The minimum Gasteiger partial charge on any atom is -0.272 e. The summed E-state index contributed by atoms with van der Waals surface area (Å²) in [5.41, 5.74) is 4.97. The summed E-state index contributed by atoms with van der Waals surface area (Å²) < 4.78 is 13.0. The van der Waals surface area contributed by atoms with Crippen molar-refractivity contribution in [3.8, 4) is 0 Å². The summed E-state index contributed by atoms with van der Waals surface area (Å²) in [5, 5.41) is 4.61. The molecule has 116 valence electrons. The summed E-state index contributed by atoms with van der Waals surface area (Å²) in [6.45, 7) is 0. The summed E-state index contributed by atoms with van der Waals surface area (Å²) in [7, 11) is 0. The van der Waals surface area contributed by atoms with Gasteiger partial charge in [-0.1, -0.05) is 24.3 Å². The number of thioether (sulfide) groups is 1. The molecule has 3 aromatic rings. The molecular formula is C16H14FN4OS+. The van der Waals surface area contributed by atoms with Crippen LogP contribution in [0.1, 0.15) is 5.56 Å². The van der Waals surface area contributed by atoms with Crippen molar-refractivity contribution in [1.82, 2.24) is 10.4 Å². The highest BCUT2D eigenvalue weighted by molar-refractivity contribution is 7.99. The topological polar surface area (TPSA) is 71.4 Å². The highest BCUT2D eigenvalue weighted by Crippen LogP contribution is 2.14. The first kappa shape index (κ1) is 15.2. The Morgan fingerprint density at radius 2 is 2.17 bits per heavy atom. The molecule has 0 fully saturated rings. The van der Waals surface area contributed by atoms with Crippen molar-refractivity contribution in [3.05, 3.63) is 59.9 Å². The molecule has 0 aliphatic carbocycles. The van der Waals surface area contributed by atoms with E-state index in [2.05, 4.69) is 20.5 Å². The number of aromatic nitrogens is 2. The van der Waals surface area contributed by atoms with Gasteiger partial charge < -0.3 is 0 Å². The lowest BCUT2D eigenvalue weighted by molar-refractivity contribution is -0.396. The lowest BCUT2D eigenvalue weighted by atomic mass is 10.2. The lowest BCUT2D eigenvalue weighted by Gasteiger charge is -1.96. The van der Waals surface area contributed by atoms with Gasteiger partial charge in [-0.3, -0.25) is 4.79 Å². The second-order valence-electron chi connectivity index (χ2n) is 4.76. The van der Waals surface area contributed by atoms with Crippen LogP contribution in [0.4, 0.5) is 4.39 Å². The zero-order chi connectivity index (χ0) is 16.1. The van der Waals surface area contributed by atoms with E-state index in [9.17, 15) is 9.18 Å². The fourth-order valence-corrected chi connectivity index (χ4v) is 2.69. The molecule has 0 radical (unpaired) electrons. The van der Waals surface area contributed by atoms with Gasteiger partial charge in [-0.2, -0.15) is 5.10 Å². The van der Waals surface area contributed by atoms with Crippen molar-refractivity contribution in [2.45, 2.75) is 5.16 Å². The van der Waals surface area contributed by atoms with E-state index < -0.39 is 0 Å². The van der Waals surface area contributed by atoms with E-state index in [0.717, 1.165) is 16.2 Å². The first-order valence-electron chi connectivity index (χ1n) is 6.91. The fraction of sp³-hybridized carbons (Fsp3) is 0.0625. The Bertz CT molecular complexity index is 829. The Kier molecular flexibility index (Phi) is 4.68. The van der Waals surface area contributed by atoms with Gasteiger partial charge >= 0.3 is 5.16 Å². The number of carbonyl (C=O) groups excluding carboxylic acids is 1. The Balaban J connectivity index is 1.51. The number of imidazole rings is 1. The largest absolute Gasteiger partial charge is 0.315 e. The molecule has 1 amide bonds. The summed E-state index contributed by atoms with van der Waals surface area (Å²) in [6, 6.07) is 13.8. The highest BCUT2D eigenvalue weighted by atomic mass is 32.2. The summed E-state index contributed by atoms with van der Waals surface area (Å²) >= 11 is 1.35. The van der Waals surface area contributed by atoms with Gasteiger partial charge in [-0.15, -0.1) is 0 Å². The standard InChI is InChI=1S/C16H13FN4OS/c17-12-5-3-4-11(8-12)9-18-21-15(22)10-23-16-19-13-6-1-2-7-14(13)20-16/h1-9H,10H2,(H,19,20)(H,21,22)/p+1. The average molecular weight is 329 g/mol. The van der Waals surface area contributed by atoms with Crippen LogP contribution in [-0.2, 0) is 4.79 Å². The van der Waals surface area contributed by atoms with Gasteiger partial charge in [0.2, 0.25) is 0 Å². The molecule has 2 aromatic carbocycles. The van der Waals surface area contributed by atoms with Crippen LogP contribution < -0.4 is 10.4 Å². The van der Waals surface area contributed by atoms with E-state index in [1.807, 2.05) is 24.3 Å². The third-order valence-electron chi connectivity index (χ3n) is 3.02. The number of hydrogen-bond acceptors (Lipinski definition) is 3. The predicted octanol–water partition coefficient (Wildman–Crippen LogP) is 2.36. The monoisotopic (exact) mass is 329 g/mol. The van der Waals surface area contributed by atoms with Gasteiger partial charge in [-0.25, -0.2) is 19.8 Å². The third-order valence-corrected chi connectivity index (χ3v) is 3.92. The third kappa shape index (κ3) is 4.17. The maximum absolute atomic E-state index is 13.0. The zero-order valence-electron chi connectivity index (χ0n) is 12.0. The van der Waals surface area contributed by atoms with Gasteiger partial charge in [-0.05, 0) is 41.6 Å². The number of hydrogen-bond donors (Lipinski definition) is 2. The molecule has 0 saturated heterocycles. The summed E-state index contributed by atoms with van der Waals surface area (Å²) in [5.74, 6) is -0.371. The van der Waals surface area contributed by atoms with Gasteiger partial charge in [0, 0.05) is 0 Å². The van der Waals surface area contributed by atoms with Crippen LogP contribution in [0.3, 0.4) is 0 Å². The maximum atomic E-state index is 13.0. The van der Waals surface area contributed by atoms with E-state index in [-0.39, 0.29) is 17.5 Å². The summed E-state index contributed by atoms with van der Waals surface area (Å²) in [6.07, 6.45) is 1.40. The zero-order valence-corrected chi connectivity index (χ0v) is 12.9. The van der Waals surface area contributed by atoms with Crippen molar-refractivity contribution < 1.29 is 14.2 Å². The van der Waals surface area contributed by atoms with Crippen molar-refractivity contribution >= 4 is 34.9 Å². The molecule has 3 N–H and O–H groups in total. The molecule has 3 rings (SSSR count). The molecular weight excluding hydrogens is 315 g/mol. The van der Waals surface area contributed by atoms with Crippen molar-refractivity contribution in [2.75, 3.05) is 5.75 Å².